The van der Waals surface area contributed by atoms with E-state index < -0.39 is 10.1 Å². The Labute approximate surface area is 242 Å². The fourth-order valence-corrected chi connectivity index (χ4v) is 4.91. The van der Waals surface area contributed by atoms with Crippen LogP contribution in [-0.2, 0) is 16.7 Å². The van der Waals surface area contributed by atoms with Gasteiger partial charge in [-0.2, -0.15) is 8.42 Å². The van der Waals surface area contributed by atoms with Gasteiger partial charge in [0.05, 0.1) is 6.26 Å². The van der Waals surface area contributed by atoms with Crippen LogP contribution in [0.3, 0.4) is 0 Å². The molecule has 4 aromatic rings. The molecule has 0 radical (unpaired) electrons. The van der Waals surface area contributed by atoms with Crippen LogP contribution >= 0.6 is 0 Å². The van der Waals surface area contributed by atoms with Crippen LogP contribution < -0.4 is 0 Å². The molecule has 0 aliphatic carbocycles. The van der Waals surface area contributed by atoms with Gasteiger partial charge in [0.1, 0.15) is 17.2 Å². The number of aromatic hydroxyl groups is 2. The molecule has 220 valence electrons. The lowest BCUT2D eigenvalue weighted by Gasteiger charge is -2.25. The van der Waals surface area contributed by atoms with Gasteiger partial charge in [-0.3, -0.25) is 9.35 Å². The standard InChI is InChI=1S/C30H35N3O3.CH4O3S/c1-5-32(6-2)30(36)29-28(25-9-7-8-10-26(25)33(29)20-19-31(3)4)27(21-11-15-23(34)16-12-21)22-13-17-24(35)18-14-22;1-5(2,3)4/h7-18,27,34-35H,5-6,19-20H2,1-4H3;1H3,(H,2,3,4). The van der Waals surface area contributed by atoms with Gasteiger partial charge >= 0.3 is 0 Å². The van der Waals surface area contributed by atoms with Gasteiger partial charge in [0.2, 0.25) is 0 Å². The van der Waals surface area contributed by atoms with Crippen molar-refractivity contribution >= 4 is 26.9 Å². The highest BCUT2D eigenvalue weighted by Gasteiger charge is 2.31. The average molecular weight is 582 g/mol. The van der Waals surface area contributed by atoms with E-state index >= 15 is 0 Å². The van der Waals surface area contributed by atoms with Gasteiger partial charge in [-0.05, 0) is 69.4 Å². The predicted molar refractivity (Wildman–Crippen MR) is 162 cm³/mol. The van der Waals surface area contributed by atoms with E-state index in [0.29, 0.717) is 31.6 Å². The lowest BCUT2D eigenvalue weighted by Crippen LogP contribution is -2.34. The maximum atomic E-state index is 14.1. The number of nitrogens with zero attached hydrogens (tertiary/aromatic N) is 3. The van der Waals surface area contributed by atoms with E-state index in [9.17, 15) is 23.4 Å². The Kier molecular flexibility index (Phi) is 10.6. The van der Waals surface area contributed by atoms with Crippen molar-refractivity contribution in [3.63, 3.8) is 0 Å². The second kappa shape index (κ2) is 13.7. The van der Waals surface area contributed by atoms with Crippen molar-refractivity contribution in [2.45, 2.75) is 26.3 Å². The quantitative estimate of drug-likeness (QED) is 0.243. The lowest BCUT2D eigenvalue weighted by atomic mass is 9.83. The summed E-state index contributed by atoms with van der Waals surface area (Å²) in [6, 6.07) is 22.5. The summed E-state index contributed by atoms with van der Waals surface area (Å²) >= 11 is 0. The predicted octanol–water partition coefficient (Wildman–Crippen LogP) is 4.78. The van der Waals surface area contributed by atoms with E-state index in [-0.39, 0.29) is 23.3 Å². The molecule has 0 aliphatic rings. The Hall–Kier alpha value is -3.86. The number of rotatable bonds is 9. The first-order valence-electron chi connectivity index (χ1n) is 13.4. The number of aromatic nitrogens is 1. The molecule has 0 fully saturated rings. The molecular weight excluding hydrogens is 542 g/mol. The Balaban J connectivity index is 0.000000850. The molecule has 0 saturated heterocycles. The van der Waals surface area contributed by atoms with E-state index in [2.05, 4.69) is 21.6 Å². The zero-order valence-electron chi connectivity index (χ0n) is 24.2. The molecule has 0 unspecified atom stereocenters. The molecule has 1 heterocycles. The van der Waals surface area contributed by atoms with E-state index in [1.54, 1.807) is 24.3 Å². The number of amides is 1. The zero-order valence-corrected chi connectivity index (χ0v) is 25.0. The monoisotopic (exact) mass is 581 g/mol. The summed E-state index contributed by atoms with van der Waals surface area (Å²) in [5.41, 5.74) is 4.57. The van der Waals surface area contributed by atoms with Crippen LogP contribution in [0.1, 0.15) is 46.9 Å². The molecule has 1 amide bonds. The minimum atomic E-state index is -3.67. The van der Waals surface area contributed by atoms with Gasteiger partial charge in [0, 0.05) is 48.6 Å². The van der Waals surface area contributed by atoms with Crippen LogP contribution in [0.2, 0.25) is 0 Å². The van der Waals surface area contributed by atoms with Crippen molar-refractivity contribution in [2.75, 3.05) is 40.0 Å². The summed E-state index contributed by atoms with van der Waals surface area (Å²) in [6.07, 6.45) is 0.715. The lowest BCUT2D eigenvalue weighted by molar-refractivity contribution is 0.0760. The van der Waals surface area contributed by atoms with Crippen molar-refractivity contribution in [1.29, 1.82) is 0 Å². The van der Waals surface area contributed by atoms with Crippen LogP contribution in [0, 0.1) is 0 Å². The molecule has 0 atom stereocenters. The molecule has 4 rings (SSSR count). The Morgan fingerprint density at radius 1 is 0.854 bits per heavy atom. The highest BCUT2D eigenvalue weighted by Crippen LogP contribution is 2.41. The first-order valence-corrected chi connectivity index (χ1v) is 15.3. The smallest absolute Gasteiger partial charge is 0.270 e. The molecule has 1 aromatic heterocycles. The molecule has 3 N–H and O–H groups in total. The zero-order chi connectivity index (χ0) is 30.3. The number of para-hydroxylation sites is 1. The fraction of sp³-hybridized carbons (Fsp3) is 0.323. The summed E-state index contributed by atoms with van der Waals surface area (Å²) < 4.78 is 28.0. The Bertz CT molecular complexity index is 1500. The number of hydrogen-bond acceptors (Lipinski definition) is 6. The molecule has 41 heavy (non-hydrogen) atoms. The normalized spacial score (nSPS) is 11.5. The molecule has 0 spiro atoms. The summed E-state index contributed by atoms with van der Waals surface area (Å²) in [4.78, 5) is 18.1. The van der Waals surface area contributed by atoms with Crippen molar-refractivity contribution < 1.29 is 28.0 Å². The summed E-state index contributed by atoms with van der Waals surface area (Å²) in [5, 5.41) is 21.0. The van der Waals surface area contributed by atoms with Crippen LogP contribution in [0.4, 0.5) is 0 Å². The summed E-state index contributed by atoms with van der Waals surface area (Å²) in [7, 11) is 0.405. The van der Waals surface area contributed by atoms with E-state index in [4.69, 9.17) is 4.55 Å². The highest BCUT2D eigenvalue weighted by atomic mass is 32.2. The number of hydrogen-bond donors (Lipinski definition) is 3. The van der Waals surface area contributed by atoms with Crippen LogP contribution in [0.15, 0.2) is 72.8 Å². The maximum absolute atomic E-state index is 14.1. The second-order valence-electron chi connectivity index (χ2n) is 10.1. The van der Waals surface area contributed by atoms with Crippen molar-refractivity contribution in [3.8, 4) is 11.5 Å². The highest BCUT2D eigenvalue weighted by molar-refractivity contribution is 7.85. The van der Waals surface area contributed by atoms with Crippen molar-refractivity contribution in [1.82, 2.24) is 14.4 Å². The third-order valence-corrected chi connectivity index (χ3v) is 6.78. The van der Waals surface area contributed by atoms with Crippen molar-refractivity contribution in [2.24, 2.45) is 0 Å². The van der Waals surface area contributed by atoms with Gasteiger partial charge in [-0.25, -0.2) is 0 Å². The summed E-state index contributed by atoms with van der Waals surface area (Å²) in [6.45, 7) is 6.71. The molecule has 10 heteroatoms. The minimum absolute atomic E-state index is 0.00696. The largest absolute Gasteiger partial charge is 0.508 e. The van der Waals surface area contributed by atoms with E-state index in [0.717, 1.165) is 34.1 Å². The Morgan fingerprint density at radius 3 is 1.76 bits per heavy atom. The van der Waals surface area contributed by atoms with Gasteiger partial charge < -0.3 is 24.6 Å². The number of benzene rings is 3. The van der Waals surface area contributed by atoms with Crippen LogP contribution in [0.25, 0.3) is 10.9 Å². The second-order valence-corrected chi connectivity index (χ2v) is 11.5. The molecule has 0 bridgehead atoms. The number of carbonyl (C=O) groups is 1. The molecular formula is C31H39N3O6S. The topological polar surface area (TPSA) is 123 Å². The molecule has 0 aliphatic heterocycles. The number of fused-ring (bicyclic) bond motifs is 1. The molecule has 0 saturated carbocycles. The third kappa shape index (κ3) is 8.09. The van der Waals surface area contributed by atoms with E-state index in [1.807, 2.05) is 69.2 Å². The number of phenols is 2. The first kappa shape index (κ1) is 31.7. The van der Waals surface area contributed by atoms with Gasteiger partial charge in [-0.1, -0.05) is 42.5 Å². The van der Waals surface area contributed by atoms with Crippen molar-refractivity contribution in [3.05, 3.63) is 95.2 Å². The maximum Gasteiger partial charge on any atom is 0.270 e. The first-order chi connectivity index (χ1) is 19.3. The number of phenolic OH excluding ortho intramolecular Hbond substituents is 2. The third-order valence-electron chi connectivity index (χ3n) is 6.78. The SMILES string of the molecule is CCN(CC)C(=O)c1c(C(c2ccc(O)cc2)c2ccc(O)cc2)c2ccccc2n1CCN(C)C.CS(=O)(=O)O. The van der Waals surface area contributed by atoms with Gasteiger partial charge in [0.25, 0.3) is 16.0 Å². The van der Waals surface area contributed by atoms with Crippen LogP contribution in [-0.4, -0.2) is 83.4 Å². The summed E-state index contributed by atoms with van der Waals surface area (Å²) in [5.74, 6) is 0.117. The van der Waals surface area contributed by atoms with E-state index in [1.165, 1.54) is 0 Å². The van der Waals surface area contributed by atoms with Gasteiger partial charge in [-0.15, -0.1) is 0 Å². The Morgan fingerprint density at radius 2 is 1.32 bits per heavy atom. The molecule has 9 nitrogen and oxygen atoms in total. The fourth-order valence-electron chi connectivity index (χ4n) is 4.91. The molecule has 3 aromatic carbocycles. The minimum Gasteiger partial charge on any atom is -0.508 e. The van der Waals surface area contributed by atoms with Gasteiger partial charge in [0.15, 0.2) is 0 Å². The van der Waals surface area contributed by atoms with Crippen LogP contribution in [0.5, 0.6) is 11.5 Å². The number of likely N-dealkylation sites (N-methyl/N-ethyl adjacent to an activating group) is 1. The average Bonchev–Trinajstić information content (AvgIpc) is 3.23. The number of carbonyl (C=O) groups excluding carboxylic acids is 1.